The standard InChI is InChI=1S/C19H20OS.C14H6ClF3OS/c1-11(2)13-9-15(12(3)4)19-16(10-13)18(20)14-7-5-6-8-17(14)21-19;15-8-2-4-12-10(6-8)13(19)9-5-7(14(16,17)18)1-3-11(9)20-12/h5-12H,1-4H3;1-6H. The maximum Gasteiger partial charge on any atom is 0.416 e. The Bertz CT molecular complexity index is 2060. The van der Waals surface area contributed by atoms with Crippen molar-refractivity contribution < 1.29 is 13.2 Å². The summed E-state index contributed by atoms with van der Waals surface area (Å²) in [5, 5.41) is 2.52. The molecule has 41 heavy (non-hydrogen) atoms. The average molecular weight is 611 g/mol. The quantitative estimate of drug-likeness (QED) is 0.183. The Morgan fingerprint density at radius 1 is 0.659 bits per heavy atom. The third kappa shape index (κ3) is 5.76. The van der Waals surface area contributed by atoms with Gasteiger partial charge < -0.3 is 0 Å². The molecule has 0 spiro atoms. The maximum atomic E-state index is 12.8. The first-order chi connectivity index (χ1) is 19.3. The minimum absolute atomic E-state index is 0.0691. The Labute approximate surface area is 247 Å². The molecule has 6 aromatic rings. The molecule has 0 atom stereocenters. The first kappa shape index (κ1) is 29.2. The minimum Gasteiger partial charge on any atom is -0.289 e. The summed E-state index contributed by atoms with van der Waals surface area (Å²) in [6, 6.07) is 20.3. The van der Waals surface area contributed by atoms with E-state index < -0.39 is 17.2 Å². The Balaban J connectivity index is 0.000000165. The van der Waals surface area contributed by atoms with E-state index in [2.05, 4.69) is 39.8 Å². The zero-order valence-corrected chi connectivity index (χ0v) is 25.1. The molecule has 0 bridgehead atoms. The van der Waals surface area contributed by atoms with E-state index in [1.54, 1.807) is 23.5 Å². The van der Waals surface area contributed by atoms with Crippen LogP contribution in [0.4, 0.5) is 13.2 Å². The average Bonchev–Trinajstić information content (AvgIpc) is 2.93. The molecule has 0 radical (unpaired) electrons. The van der Waals surface area contributed by atoms with E-state index in [1.807, 2.05) is 24.3 Å². The van der Waals surface area contributed by atoms with Gasteiger partial charge in [0.2, 0.25) is 0 Å². The van der Waals surface area contributed by atoms with Crippen LogP contribution in [0, 0.1) is 0 Å². The molecular weight excluding hydrogens is 585 g/mol. The van der Waals surface area contributed by atoms with E-state index in [4.69, 9.17) is 11.6 Å². The number of fused-ring (bicyclic) bond motifs is 4. The largest absolute Gasteiger partial charge is 0.416 e. The Morgan fingerprint density at radius 3 is 1.93 bits per heavy atom. The molecule has 6 rings (SSSR count). The van der Waals surface area contributed by atoms with Gasteiger partial charge >= 0.3 is 6.18 Å². The van der Waals surface area contributed by atoms with Gasteiger partial charge in [-0.15, -0.1) is 22.7 Å². The van der Waals surface area contributed by atoms with Crippen molar-refractivity contribution in [1.82, 2.24) is 0 Å². The monoisotopic (exact) mass is 610 g/mol. The molecule has 4 aromatic carbocycles. The lowest BCUT2D eigenvalue weighted by molar-refractivity contribution is -0.137. The zero-order valence-electron chi connectivity index (χ0n) is 22.7. The fraction of sp³-hybridized carbons (Fsp3) is 0.212. The summed E-state index contributed by atoms with van der Waals surface area (Å²) in [5.41, 5.74) is 1.47. The molecule has 8 heteroatoms. The number of hydrogen-bond acceptors (Lipinski definition) is 4. The molecule has 0 aliphatic heterocycles. The first-order valence-electron chi connectivity index (χ1n) is 13.1. The number of halogens is 4. The summed E-state index contributed by atoms with van der Waals surface area (Å²) in [4.78, 5) is 25.1. The molecule has 2 heterocycles. The molecule has 210 valence electrons. The van der Waals surface area contributed by atoms with Crippen LogP contribution in [0.5, 0.6) is 0 Å². The predicted molar refractivity (Wildman–Crippen MR) is 169 cm³/mol. The zero-order chi connectivity index (χ0) is 29.6. The van der Waals surface area contributed by atoms with E-state index in [0.29, 0.717) is 31.6 Å². The third-order valence-electron chi connectivity index (χ3n) is 6.97. The second-order valence-electron chi connectivity index (χ2n) is 10.5. The molecule has 2 aromatic heterocycles. The fourth-order valence-corrected chi connectivity index (χ4v) is 7.24. The van der Waals surface area contributed by atoms with Gasteiger partial charge in [-0.25, -0.2) is 0 Å². The van der Waals surface area contributed by atoms with Crippen molar-refractivity contribution in [2.75, 3.05) is 0 Å². The topological polar surface area (TPSA) is 34.1 Å². The van der Waals surface area contributed by atoms with Gasteiger partial charge in [0.25, 0.3) is 0 Å². The van der Waals surface area contributed by atoms with Crippen molar-refractivity contribution in [3.05, 3.63) is 115 Å². The van der Waals surface area contributed by atoms with Crippen LogP contribution >= 0.6 is 34.3 Å². The van der Waals surface area contributed by atoms with Crippen LogP contribution in [0.25, 0.3) is 40.3 Å². The molecule has 0 unspecified atom stereocenters. The highest BCUT2D eigenvalue weighted by Gasteiger charge is 2.30. The van der Waals surface area contributed by atoms with Gasteiger partial charge in [-0.2, -0.15) is 13.2 Å². The highest BCUT2D eigenvalue weighted by atomic mass is 35.5. The van der Waals surface area contributed by atoms with Crippen molar-refractivity contribution in [3.63, 3.8) is 0 Å². The molecule has 2 nitrogen and oxygen atoms in total. The van der Waals surface area contributed by atoms with Gasteiger partial charge in [-0.05, 0) is 77.6 Å². The lowest BCUT2D eigenvalue weighted by atomic mass is 9.93. The van der Waals surface area contributed by atoms with Gasteiger partial charge in [0.15, 0.2) is 10.9 Å². The Morgan fingerprint density at radius 2 is 1.27 bits per heavy atom. The van der Waals surface area contributed by atoms with Gasteiger partial charge in [0, 0.05) is 45.4 Å². The number of benzene rings is 4. The van der Waals surface area contributed by atoms with Crippen molar-refractivity contribution in [2.24, 2.45) is 0 Å². The minimum atomic E-state index is -4.46. The van der Waals surface area contributed by atoms with Crippen LogP contribution in [-0.2, 0) is 6.18 Å². The lowest BCUT2D eigenvalue weighted by Gasteiger charge is -2.15. The van der Waals surface area contributed by atoms with Crippen molar-refractivity contribution >= 4 is 74.6 Å². The molecule has 0 saturated carbocycles. The van der Waals surface area contributed by atoms with Gasteiger partial charge in [0.05, 0.1) is 5.56 Å². The molecule has 0 aliphatic rings. The maximum absolute atomic E-state index is 12.8. The van der Waals surface area contributed by atoms with E-state index in [-0.39, 0.29) is 10.8 Å². The van der Waals surface area contributed by atoms with E-state index in [9.17, 15) is 22.8 Å². The number of alkyl halides is 3. The van der Waals surface area contributed by atoms with Crippen molar-refractivity contribution in [1.29, 1.82) is 0 Å². The highest BCUT2D eigenvalue weighted by Crippen LogP contribution is 2.35. The summed E-state index contributed by atoms with van der Waals surface area (Å²) in [7, 11) is 0. The van der Waals surface area contributed by atoms with Crippen molar-refractivity contribution in [3.8, 4) is 0 Å². The number of hydrogen-bond donors (Lipinski definition) is 0. The summed E-state index contributed by atoms with van der Waals surface area (Å²) in [6.45, 7) is 8.76. The second kappa shape index (κ2) is 11.2. The normalized spacial score (nSPS) is 12.0. The summed E-state index contributed by atoms with van der Waals surface area (Å²) >= 11 is 8.84. The van der Waals surface area contributed by atoms with E-state index in [1.165, 1.54) is 34.6 Å². The molecule has 0 aliphatic carbocycles. The molecule has 0 amide bonds. The highest BCUT2D eigenvalue weighted by molar-refractivity contribution is 7.25. The summed E-state index contributed by atoms with van der Waals surface area (Å²) in [6.07, 6.45) is -4.46. The molecule has 0 N–H and O–H groups in total. The van der Waals surface area contributed by atoms with Crippen LogP contribution in [0.2, 0.25) is 5.02 Å². The molecular formula is C33H26ClF3O2S2. The lowest BCUT2D eigenvalue weighted by Crippen LogP contribution is -2.07. The SMILES string of the molecule is CC(C)c1cc(C(C)C)c2sc3ccccc3c(=O)c2c1.O=c1c2cc(Cl)ccc2sc2ccc(C(F)(F)F)cc12. The smallest absolute Gasteiger partial charge is 0.289 e. The molecule has 0 fully saturated rings. The molecule has 0 saturated heterocycles. The van der Waals surface area contributed by atoms with Gasteiger partial charge in [-0.1, -0.05) is 57.5 Å². The van der Waals surface area contributed by atoms with Crippen LogP contribution < -0.4 is 10.9 Å². The fourth-order valence-electron chi connectivity index (χ4n) is 4.72. The Kier molecular flexibility index (Phi) is 7.99. The summed E-state index contributed by atoms with van der Waals surface area (Å²) < 4.78 is 41.6. The van der Waals surface area contributed by atoms with Crippen LogP contribution in [0.1, 0.15) is 56.2 Å². The third-order valence-corrected chi connectivity index (χ3v) is 9.60. The Hall–Kier alpha value is -3.26. The van der Waals surface area contributed by atoms with Crippen LogP contribution in [0.15, 0.2) is 82.4 Å². The first-order valence-corrected chi connectivity index (χ1v) is 15.1. The number of rotatable bonds is 2. The van der Waals surface area contributed by atoms with Crippen molar-refractivity contribution in [2.45, 2.75) is 45.7 Å². The van der Waals surface area contributed by atoms with Gasteiger partial charge in [0.1, 0.15) is 0 Å². The van der Waals surface area contributed by atoms with Crippen LogP contribution in [0.3, 0.4) is 0 Å². The van der Waals surface area contributed by atoms with E-state index >= 15 is 0 Å². The predicted octanol–water partition coefficient (Wildman–Crippen LogP) is 10.7. The van der Waals surface area contributed by atoms with E-state index in [0.717, 1.165) is 32.3 Å². The van der Waals surface area contributed by atoms with Gasteiger partial charge in [-0.3, -0.25) is 9.59 Å². The van der Waals surface area contributed by atoms with Crippen LogP contribution in [-0.4, -0.2) is 0 Å². The second-order valence-corrected chi connectivity index (χ2v) is 13.1. The summed E-state index contributed by atoms with van der Waals surface area (Å²) in [5.74, 6) is 0.853.